The van der Waals surface area contributed by atoms with E-state index in [4.69, 9.17) is 0 Å². The molecule has 2 N–H and O–H groups in total. The van der Waals surface area contributed by atoms with Crippen LogP contribution in [-0.4, -0.2) is 31.3 Å². The van der Waals surface area contributed by atoms with E-state index < -0.39 is 11.9 Å². The zero-order valence-corrected chi connectivity index (χ0v) is 13.9. The Balaban J connectivity index is 1.82. The van der Waals surface area contributed by atoms with Crippen molar-refractivity contribution in [3.8, 4) is 5.69 Å². The lowest BCUT2D eigenvalue weighted by Gasteiger charge is -2.16. The predicted molar refractivity (Wildman–Crippen MR) is 91.8 cm³/mol. The SMILES string of the molecule is C[C@H](NC(=O)c1c(C(=O)O)cnn1C)c1cccc(-n2cccc2)c1. The van der Waals surface area contributed by atoms with E-state index in [2.05, 4.69) is 10.4 Å². The molecule has 0 fully saturated rings. The van der Waals surface area contributed by atoms with Gasteiger partial charge in [0.05, 0.1) is 12.2 Å². The van der Waals surface area contributed by atoms with Crippen molar-refractivity contribution in [2.75, 3.05) is 0 Å². The fraction of sp³-hybridized carbons (Fsp3) is 0.167. The van der Waals surface area contributed by atoms with Crippen LogP contribution in [0, 0.1) is 0 Å². The van der Waals surface area contributed by atoms with Crippen molar-refractivity contribution in [3.63, 3.8) is 0 Å². The summed E-state index contributed by atoms with van der Waals surface area (Å²) < 4.78 is 3.24. The third kappa shape index (κ3) is 3.30. The summed E-state index contributed by atoms with van der Waals surface area (Å²) in [6, 6.07) is 11.4. The molecule has 1 atom stereocenters. The van der Waals surface area contributed by atoms with Crippen molar-refractivity contribution in [2.45, 2.75) is 13.0 Å². The molecule has 0 saturated heterocycles. The zero-order valence-electron chi connectivity index (χ0n) is 13.9. The van der Waals surface area contributed by atoms with Gasteiger partial charge in [-0.1, -0.05) is 12.1 Å². The third-order valence-electron chi connectivity index (χ3n) is 4.00. The molecule has 0 spiro atoms. The molecule has 7 heteroatoms. The van der Waals surface area contributed by atoms with Gasteiger partial charge in [0, 0.05) is 25.1 Å². The van der Waals surface area contributed by atoms with Crippen molar-refractivity contribution >= 4 is 11.9 Å². The van der Waals surface area contributed by atoms with E-state index in [0.29, 0.717) is 0 Å². The Kier molecular flexibility index (Phi) is 4.38. The van der Waals surface area contributed by atoms with E-state index in [0.717, 1.165) is 11.3 Å². The molecule has 0 radical (unpaired) electrons. The molecule has 0 unspecified atom stereocenters. The molecule has 3 rings (SSSR count). The van der Waals surface area contributed by atoms with E-state index in [1.807, 2.05) is 60.3 Å². The molecule has 25 heavy (non-hydrogen) atoms. The Morgan fingerprint density at radius 1 is 1.20 bits per heavy atom. The highest BCUT2D eigenvalue weighted by Gasteiger charge is 2.23. The Morgan fingerprint density at radius 2 is 1.92 bits per heavy atom. The molecular formula is C18H18N4O3. The van der Waals surface area contributed by atoms with Crippen LogP contribution >= 0.6 is 0 Å². The summed E-state index contributed by atoms with van der Waals surface area (Å²) in [4.78, 5) is 23.7. The largest absolute Gasteiger partial charge is 0.478 e. The fourth-order valence-corrected chi connectivity index (χ4v) is 2.67. The number of aryl methyl sites for hydroxylation is 1. The quantitative estimate of drug-likeness (QED) is 0.747. The van der Waals surface area contributed by atoms with Crippen LogP contribution in [0.15, 0.2) is 55.0 Å². The van der Waals surface area contributed by atoms with Gasteiger partial charge >= 0.3 is 5.97 Å². The summed E-state index contributed by atoms with van der Waals surface area (Å²) in [5, 5.41) is 15.9. The smallest absolute Gasteiger partial charge is 0.339 e. The maximum absolute atomic E-state index is 12.5. The monoisotopic (exact) mass is 338 g/mol. The van der Waals surface area contributed by atoms with Gasteiger partial charge in [0.2, 0.25) is 0 Å². The lowest BCUT2D eigenvalue weighted by atomic mass is 10.1. The number of aromatic nitrogens is 3. The highest BCUT2D eigenvalue weighted by molar-refractivity contribution is 6.03. The number of nitrogens with one attached hydrogen (secondary N) is 1. The minimum atomic E-state index is -1.18. The number of benzene rings is 1. The van der Waals surface area contributed by atoms with Crippen LogP contribution in [0.25, 0.3) is 5.69 Å². The van der Waals surface area contributed by atoms with Gasteiger partial charge in [0.15, 0.2) is 0 Å². The Labute approximate surface area is 144 Å². The Hall–Kier alpha value is -3.35. The molecule has 0 bridgehead atoms. The number of rotatable bonds is 5. The Bertz CT molecular complexity index is 912. The van der Waals surface area contributed by atoms with Gasteiger partial charge < -0.3 is 15.0 Å². The number of aromatic carboxylic acids is 1. The van der Waals surface area contributed by atoms with Gasteiger partial charge in [-0.05, 0) is 36.8 Å². The third-order valence-corrected chi connectivity index (χ3v) is 4.00. The van der Waals surface area contributed by atoms with Gasteiger partial charge in [-0.25, -0.2) is 4.79 Å². The first-order valence-corrected chi connectivity index (χ1v) is 7.77. The molecule has 2 heterocycles. The van der Waals surface area contributed by atoms with Gasteiger partial charge in [0.25, 0.3) is 5.91 Å². The molecule has 0 aliphatic heterocycles. The van der Waals surface area contributed by atoms with Crippen molar-refractivity contribution < 1.29 is 14.7 Å². The van der Waals surface area contributed by atoms with Gasteiger partial charge in [-0.3, -0.25) is 9.48 Å². The summed E-state index contributed by atoms with van der Waals surface area (Å²) in [7, 11) is 1.54. The average Bonchev–Trinajstić information content (AvgIpc) is 3.24. The molecule has 0 saturated carbocycles. The molecule has 2 aromatic heterocycles. The molecule has 0 aliphatic rings. The number of carbonyl (C=O) groups excluding carboxylic acids is 1. The van der Waals surface area contributed by atoms with E-state index in [9.17, 15) is 14.7 Å². The van der Waals surface area contributed by atoms with Crippen LogP contribution in [0.2, 0.25) is 0 Å². The second kappa shape index (κ2) is 6.64. The lowest BCUT2D eigenvalue weighted by Crippen LogP contribution is -2.30. The first kappa shape index (κ1) is 16.5. The lowest BCUT2D eigenvalue weighted by molar-refractivity contribution is 0.0690. The highest BCUT2D eigenvalue weighted by Crippen LogP contribution is 2.18. The van der Waals surface area contributed by atoms with Gasteiger partial charge in [-0.15, -0.1) is 0 Å². The van der Waals surface area contributed by atoms with Crippen LogP contribution in [0.5, 0.6) is 0 Å². The number of carbonyl (C=O) groups is 2. The van der Waals surface area contributed by atoms with Crippen molar-refractivity contribution in [1.29, 1.82) is 0 Å². The highest BCUT2D eigenvalue weighted by atomic mass is 16.4. The molecule has 1 amide bonds. The number of carboxylic acids is 1. The van der Waals surface area contributed by atoms with Crippen molar-refractivity contribution in [1.82, 2.24) is 19.7 Å². The number of amides is 1. The fourth-order valence-electron chi connectivity index (χ4n) is 2.67. The van der Waals surface area contributed by atoms with E-state index >= 15 is 0 Å². The summed E-state index contributed by atoms with van der Waals surface area (Å²) in [6.45, 7) is 1.85. The Morgan fingerprint density at radius 3 is 2.60 bits per heavy atom. The van der Waals surface area contributed by atoms with Crippen LogP contribution in [0.4, 0.5) is 0 Å². The second-order valence-corrected chi connectivity index (χ2v) is 5.72. The normalized spacial score (nSPS) is 11.9. The minimum Gasteiger partial charge on any atom is -0.478 e. The summed E-state index contributed by atoms with van der Waals surface area (Å²) in [5.41, 5.74) is 1.81. The van der Waals surface area contributed by atoms with Crippen molar-refractivity contribution in [3.05, 3.63) is 71.8 Å². The van der Waals surface area contributed by atoms with Crippen LogP contribution in [-0.2, 0) is 7.05 Å². The van der Waals surface area contributed by atoms with Gasteiger partial charge in [0.1, 0.15) is 11.3 Å². The summed E-state index contributed by atoms with van der Waals surface area (Å²) in [6.07, 6.45) is 5.06. The van der Waals surface area contributed by atoms with Crippen LogP contribution < -0.4 is 5.32 Å². The molecule has 3 aromatic rings. The van der Waals surface area contributed by atoms with Crippen LogP contribution in [0.3, 0.4) is 0 Å². The topological polar surface area (TPSA) is 89.2 Å². The number of carboxylic acid groups (broad SMARTS) is 1. The maximum Gasteiger partial charge on any atom is 0.339 e. The molecule has 7 nitrogen and oxygen atoms in total. The maximum atomic E-state index is 12.5. The van der Waals surface area contributed by atoms with E-state index in [1.165, 1.54) is 10.9 Å². The number of hydrogen-bond donors (Lipinski definition) is 2. The molecule has 1 aromatic carbocycles. The first-order valence-electron chi connectivity index (χ1n) is 7.77. The predicted octanol–water partition coefficient (Wildman–Crippen LogP) is 2.40. The van der Waals surface area contributed by atoms with Crippen molar-refractivity contribution in [2.24, 2.45) is 7.05 Å². The van der Waals surface area contributed by atoms with Crippen LogP contribution in [0.1, 0.15) is 39.4 Å². The standard InChI is InChI=1S/C18H18N4O3/c1-12(13-6-5-7-14(10-13)22-8-3-4-9-22)20-17(23)16-15(18(24)25)11-19-21(16)2/h3-12H,1-2H3,(H,20,23)(H,24,25)/t12-/m0/s1. The van der Waals surface area contributed by atoms with E-state index in [1.54, 1.807) is 7.05 Å². The summed E-state index contributed by atoms with van der Waals surface area (Å²) >= 11 is 0. The number of hydrogen-bond acceptors (Lipinski definition) is 3. The first-order chi connectivity index (χ1) is 12.0. The molecule has 0 aliphatic carbocycles. The minimum absolute atomic E-state index is 0.0286. The zero-order chi connectivity index (χ0) is 18.0. The molecular weight excluding hydrogens is 320 g/mol. The van der Waals surface area contributed by atoms with E-state index in [-0.39, 0.29) is 17.3 Å². The number of nitrogens with zero attached hydrogens (tertiary/aromatic N) is 3. The second-order valence-electron chi connectivity index (χ2n) is 5.72. The molecule has 128 valence electrons. The van der Waals surface area contributed by atoms with Gasteiger partial charge in [-0.2, -0.15) is 5.10 Å². The summed E-state index contributed by atoms with van der Waals surface area (Å²) in [5.74, 6) is -1.66. The average molecular weight is 338 g/mol.